The maximum Gasteiger partial charge on any atom is 0.254 e. The molecule has 6 nitrogen and oxygen atoms in total. The van der Waals surface area contributed by atoms with Gasteiger partial charge in [-0.05, 0) is 67.3 Å². The molecule has 1 N–H and O–H groups in total. The van der Waals surface area contributed by atoms with Crippen LogP contribution in [0.25, 0.3) is 0 Å². The molecule has 0 heterocycles. The van der Waals surface area contributed by atoms with E-state index < -0.39 is 0 Å². The van der Waals surface area contributed by atoms with Gasteiger partial charge in [-0.1, -0.05) is 6.92 Å². The number of nitrogens with zero attached hydrogens (tertiary/aromatic N) is 2. The van der Waals surface area contributed by atoms with Crippen molar-refractivity contribution in [3.63, 3.8) is 0 Å². The molecule has 2 aromatic carbocycles. The van der Waals surface area contributed by atoms with Gasteiger partial charge >= 0.3 is 0 Å². The van der Waals surface area contributed by atoms with Crippen LogP contribution in [0.15, 0.2) is 42.5 Å². The first-order valence-electron chi connectivity index (χ1n) is 10.5. The first-order valence-corrected chi connectivity index (χ1v) is 10.5. The molecule has 0 radical (unpaired) electrons. The van der Waals surface area contributed by atoms with Gasteiger partial charge in [-0.3, -0.25) is 9.59 Å². The molecule has 0 atom stereocenters. The van der Waals surface area contributed by atoms with Gasteiger partial charge in [0.1, 0.15) is 5.75 Å². The predicted octanol–water partition coefficient (Wildman–Crippen LogP) is 4.16. The van der Waals surface area contributed by atoms with E-state index in [0.717, 1.165) is 42.0 Å². The van der Waals surface area contributed by atoms with Crippen molar-refractivity contribution in [2.24, 2.45) is 5.92 Å². The summed E-state index contributed by atoms with van der Waals surface area (Å²) in [4.78, 5) is 29.3. The van der Waals surface area contributed by atoms with Crippen LogP contribution in [0.5, 0.6) is 5.75 Å². The summed E-state index contributed by atoms with van der Waals surface area (Å²) in [7, 11) is 5.57. The molecule has 6 heteroatoms. The van der Waals surface area contributed by atoms with Gasteiger partial charge < -0.3 is 19.9 Å². The monoisotopic (exact) mass is 409 g/mol. The average Bonchev–Trinajstić information content (AvgIpc) is 3.58. The number of carbonyl (C=O) groups is 2. The molecule has 1 fully saturated rings. The van der Waals surface area contributed by atoms with E-state index in [1.54, 1.807) is 31.4 Å². The van der Waals surface area contributed by atoms with Crippen molar-refractivity contribution in [3.05, 3.63) is 53.6 Å². The van der Waals surface area contributed by atoms with Crippen LogP contribution in [-0.2, 0) is 11.3 Å². The lowest BCUT2D eigenvalue weighted by Gasteiger charge is -2.26. The molecule has 0 bridgehead atoms. The number of carbonyl (C=O) groups excluding carboxylic acids is 2. The van der Waals surface area contributed by atoms with Crippen LogP contribution in [0, 0.1) is 5.92 Å². The van der Waals surface area contributed by atoms with Crippen molar-refractivity contribution in [2.75, 3.05) is 38.0 Å². The number of benzene rings is 2. The predicted molar refractivity (Wildman–Crippen MR) is 120 cm³/mol. The molecular formula is C24H31N3O3. The molecule has 0 unspecified atom stereocenters. The maximum atomic E-state index is 13.2. The standard InChI is InChI=1S/C24H31N3O3/c1-5-14-27(24(29)18-8-11-21(30-4)12-9-18)16-19-15-20(10-13-22(19)26(2)3)25-23(28)17-6-7-17/h8-13,15,17H,5-7,14,16H2,1-4H3,(H,25,28). The van der Waals surface area contributed by atoms with E-state index in [4.69, 9.17) is 4.74 Å². The Balaban J connectivity index is 1.84. The zero-order valence-corrected chi connectivity index (χ0v) is 18.3. The third-order valence-corrected chi connectivity index (χ3v) is 5.26. The Bertz CT molecular complexity index is 889. The fourth-order valence-electron chi connectivity index (χ4n) is 3.46. The first-order chi connectivity index (χ1) is 14.4. The normalized spacial score (nSPS) is 12.9. The molecular weight excluding hydrogens is 378 g/mol. The summed E-state index contributed by atoms with van der Waals surface area (Å²) < 4.78 is 5.20. The Morgan fingerprint density at radius 3 is 2.37 bits per heavy atom. The number of nitrogens with one attached hydrogen (secondary N) is 1. The van der Waals surface area contributed by atoms with Crippen molar-refractivity contribution in [2.45, 2.75) is 32.7 Å². The molecule has 30 heavy (non-hydrogen) atoms. The first kappa shape index (κ1) is 21.7. The van der Waals surface area contributed by atoms with Crippen molar-refractivity contribution in [1.82, 2.24) is 4.90 Å². The molecule has 1 saturated carbocycles. The lowest BCUT2D eigenvalue weighted by Crippen LogP contribution is -2.32. The highest BCUT2D eigenvalue weighted by Crippen LogP contribution is 2.31. The second-order valence-corrected chi connectivity index (χ2v) is 7.96. The minimum atomic E-state index is -0.0170. The molecule has 0 spiro atoms. The number of hydrogen-bond donors (Lipinski definition) is 1. The summed E-state index contributed by atoms with van der Waals surface area (Å²) in [5.41, 5.74) is 3.45. The largest absolute Gasteiger partial charge is 0.497 e. The second kappa shape index (κ2) is 9.65. The topological polar surface area (TPSA) is 61.9 Å². The molecule has 0 saturated heterocycles. The van der Waals surface area contributed by atoms with Crippen LogP contribution in [0.2, 0.25) is 0 Å². The van der Waals surface area contributed by atoms with Gasteiger partial charge in [-0.15, -0.1) is 0 Å². The zero-order chi connectivity index (χ0) is 21.7. The number of hydrogen-bond acceptors (Lipinski definition) is 4. The van der Waals surface area contributed by atoms with Gasteiger partial charge in [0.2, 0.25) is 5.91 Å². The minimum Gasteiger partial charge on any atom is -0.497 e. The van der Waals surface area contributed by atoms with Crippen molar-refractivity contribution < 1.29 is 14.3 Å². The summed E-state index contributed by atoms with van der Waals surface area (Å²) in [6, 6.07) is 13.1. The van der Waals surface area contributed by atoms with Crippen molar-refractivity contribution in [1.29, 1.82) is 0 Å². The van der Waals surface area contributed by atoms with Gasteiger partial charge in [0, 0.05) is 50.0 Å². The molecule has 1 aliphatic carbocycles. The van der Waals surface area contributed by atoms with Gasteiger partial charge in [0.05, 0.1) is 7.11 Å². The van der Waals surface area contributed by atoms with Crippen LogP contribution in [-0.4, -0.2) is 44.5 Å². The molecule has 0 aromatic heterocycles. The summed E-state index contributed by atoms with van der Waals surface area (Å²) in [5.74, 6) is 0.938. The molecule has 1 aliphatic rings. The summed E-state index contributed by atoms with van der Waals surface area (Å²) >= 11 is 0. The second-order valence-electron chi connectivity index (χ2n) is 7.96. The number of anilines is 2. The Hall–Kier alpha value is -3.02. The van der Waals surface area contributed by atoms with Crippen molar-refractivity contribution in [3.8, 4) is 5.75 Å². The summed E-state index contributed by atoms with van der Waals surface area (Å²) in [5, 5.41) is 3.01. The van der Waals surface area contributed by atoms with E-state index >= 15 is 0 Å². The Morgan fingerprint density at radius 2 is 1.80 bits per heavy atom. The van der Waals surface area contributed by atoms with Gasteiger partial charge in [0.15, 0.2) is 0 Å². The highest BCUT2D eigenvalue weighted by molar-refractivity contribution is 5.95. The molecule has 2 aromatic rings. The number of amides is 2. The SMILES string of the molecule is CCCN(Cc1cc(NC(=O)C2CC2)ccc1N(C)C)C(=O)c1ccc(OC)cc1. The van der Waals surface area contributed by atoms with Crippen LogP contribution in [0.4, 0.5) is 11.4 Å². The Labute approximate surface area is 178 Å². The highest BCUT2D eigenvalue weighted by Gasteiger charge is 2.29. The lowest BCUT2D eigenvalue weighted by molar-refractivity contribution is -0.117. The maximum absolute atomic E-state index is 13.2. The van der Waals surface area contributed by atoms with Gasteiger partial charge in [-0.2, -0.15) is 0 Å². The average molecular weight is 410 g/mol. The number of ether oxygens (including phenoxy) is 1. The van der Waals surface area contributed by atoms with E-state index in [1.165, 1.54) is 0 Å². The van der Waals surface area contributed by atoms with E-state index in [-0.39, 0.29) is 17.7 Å². The Kier molecular flexibility index (Phi) is 6.98. The van der Waals surface area contributed by atoms with E-state index in [9.17, 15) is 9.59 Å². The number of rotatable bonds is 9. The summed E-state index contributed by atoms with van der Waals surface area (Å²) in [6.45, 7) is 3.18. The lowest BCUT2D eigenvalue weighted by atomic mass is 10.1. The Morgan fingerprint density at radius 1 is 1.10 bits per heavy atom. The fraction of sp³-hybridized carbons (Fsp3) is 0.417. The molecule has 160 valence electrons. The molecule has 2 amide bonds. The molecule has 3 rings (SSSR count). The van der Waals surface area contributed by atoms with Crippen LogP contribution >= 0.6 is 0 Å². The van der Waals surface area contributed by atoms with Crippen LogP contribution < -0.4 is 15.0 Å². The van der Waals surface area contributed by atoms with E-state index in [0.29, 0.717) is 18.7 Å². The smallest absolute Gasteiger partial charge is 0.254 e. The number of methoxy groups -OCH3 is 1. The van der Waals surface area contributed by atoms with E-state index in [2.05, 4.69) is 12.2 Å². The third-order valence-electron chi connectivity index (χ3n) is 5.26. The van der Waals surface area contributed by atoms with Crippen LogP contribution in [0.1, 0.15) is 42.1 Å². The van der Waals surface area contributed by atoms with E-state index in [1.807, 2.05) is 42.1 Å². The zero-order valence-electron chi connectivity index (χ0n) is 18.3. The summed E-state index contributed by atoms with van der Waals surface area (Å²) in [6.07, 6.45) is 2.79. The van der Waals surface area contributed by atoms with Gasteiger partial charge in [0.25, 0.3) is 5.91 Å². The van der Waals surface area contributed by atoms with Crippen molar-refractivity contribution >= 4 is 23.2 Å². The van der Waals surface area contributed by atoms with Crippen LogP contribution in [0.3, 0.4) is 0 Å². The highest BCUT2D eigenvalue weighted by atomic mass is 16.5. The molecule has 0 aliphatic heterocycles. The van der Waals surface area contributed by atoms with Gasteiger partial charge in [-0.25, -0.2) is 0 Å². The quantitative estimate of drug-likeness (QED) is 0.675. The fourth-order valence-corrected chi connectivity index (χ4v) is 3.46. The minimum absolute atomic E-state index is 0.0170. The third kappa shape index (κ3) is 5.32.